The zero-order valence-electron chi connectivity index (χ0n) is 7.94. The van der Waals surface area contributed by atoms with Gasteiger partial charge in [-0.25, -0.2) is 4.79 Å². The van der Waals surface area contributed by atoms with Crippen molar-refractivity contribution < 1.29 is 38.1 Å². The van der Waals surface area contributed by atoms with Crippen LogP contribution in [0.3, 0.4) is 0 Å². The van der Waals surface area contributed by atoms with E-state index in [1.807, 2.05) is 5.32 Å². The van der Waals surface area contributed by atoms with Gasteiger partial charge < -0.3 is 11.0 Å². The van der Waals surface area contributed by atoms with Crippen molar-refractivity contribution in [3.63, 3.8) is 0 Å². The summed E-state index contributed by atoms with van der Waals surface area (Å²) in [4.78, 5) is 20.8. The molecule has 0 aromatic heterocycles. The van der Waals surface area contributed by atoms with E-state index in [2.05, 4.69) is 0 Å². The lowest BCUT2D eigenvalue weighted by Crippen LogP contribution is -2.55. The van der Waals surface area contributed by atoms with Gasteiger partial charge in [-0.3, -0.25) is 35.4 Å². The third kappa shape index (κ3) is 10.4. The summed E-state index contributed by atoms with van der Waals surface area (Å²) in [5.74, 6) is -1.30. The quantitative estimate of drug-likeness (QED) is 0.244. The lowest BCUT2D eigenvalue weighted by atomic mass is 10.3. The van der Waals surface area contributed by atoms with Gasteiger partial charge in [-0.2, -0.15) is 8.42 Å². The smallest absolute Gasteiger partial charge is 0.394 e. The van der Waals surface area contributed by atoms with Crippen molar-refractivity contribution in [3.8, 4) is 0 Å². The molecule has 0 radical (unpaired) electrons. The third-order valence-electron chi connectivity index (χ3n) is 0.943. The number of amides is 3. The monoisotopic (exact) mass is 274 g/mol. The van der Waals surface area contributed by atoms with Crippen LogP contribution >= 0.6 is 0 Å². The first-order chi connectivity index (χ1) is 6.61. The summed E-state index contributed by atoms with van der Waals surface area (Å²) in [6.45, 7) is 0. The van der Waals surface area contributed by atoms with E-state index in [0.29, 0.717) is 0 Å². The van der Waals surface area contributed by atoms with Crippen molar-refractivity contribution in [2.45, 2.75) is 0 Å². The zero-order chi connectivity index (χ0) is 12.2. The Morgan fingerprint density at radius 2 is 1.35 bits per heavy atom. The predicted octanol–water partition coefficient (Wildman–Crippen LogP) is -3.48. The highest BCUT2D eigenvalue weighted by molar-refractivity contribution is 7.79. The molecule has 0 aromatic carbocycles. The van der Waals surface area contributed by atoms with Crippen molar-refractivity contribution in [2.75, 3.05) is 0 Å². The Kier molecular flexibility index (Phi) is 8.87. The first-order valence-electron chi connectivity index (χ1n) is 3.11. The summed E-state index contributed by atoms with van der Waals surface area (Å²) in [5, 5.41) is 17.4. The van der Waals surface area contributed by atoms with E-state index in [1.54, 1.807) is 5.32 Å². The maximum Gasteiger partial charge on any atom is 0.394 e. The Morgan fingerprint density at radius 1 is 1.00 bits per heavy atom. The topological polar surface area (TPSA) is 243 Å². The van der Waals surface area contributed by atoms with Gasteiger partial charge in [-0.15, -0.1) is 0 Å². The third-order valence-corrected chi connectivity index (χ3v) is 0.943. The molecule has 1 saturated heterocycles. The Hall–Kier alpha value is -1.93. The van der Waals surface area contributed by atoms with Gasteiger partial charge in [0.05, 0.1) is 0 Å². The van der Waals surface area contributed by atoms with Crippen LogP contribution in [0, 0.1) is 10.8 Å². The standard InChI is InChI=1S/C4H4N4O2.H2O4S.2H2O/c5-1-2(6)7-4(10)8-3(1)9;1-5(2,3)4;;/h5H,(H3,6,7,8,9,10);(H2,1,2,3,4);2*1H2. The van der Waals surface area contributed by atoms with E-state index < -0.39 is 33.9 Å². The van der Waals surface area contributed by atoms with Gasteiger partial charge in [0.2, 0.25) is 0 Å². The fourth-order valence-electron chi connectivity index (χ4n) is 0.486. The molecule has 0 aromatic rings. The number of urea groups is 1. The van der Waals surface area contributed by atoms with Gasteiger partial charge in [0.25, 0.3) is 5.91 Å². The molecule has 0 atom stereocenters. The number of amidine groups is 1. The van der Waals surface area contributed by atoms with E-state index in [0.717, 1.165) is 0 Å². The van der Waals surface area contributed by atoms with Crippen LogP contribution in [-0.4, -0.2) is 52.0 Å². The summed E-state index contributed by atoms with van der Waals surface area (Å²) in [6, 6.07) is -0.758. The van der Waals surface area contributed by atoms with E-state index in [-0.39, 0.29) is 11.0 Å². The molecule has 3 amide bonds. The normalized spacial score (nSPS) is 14.2. The van der Waals surface area contributed by atoms with Crippen LogP contribution in [0.5, 0.6) is 0 Å². The molecule has 12 nitrogen and oxygen atoms in total. The van der Waals surface area contributed by atoms with Crippen LogP contribution in [0.1, 0.15) is 0 Å². The minimum atomic E-state index is -4.67. The second-order valence-electron chi connectivity index (χ2n) is 2.11. The highest BCUT2D eigenvalue weighted by Gasteiger charge is 2.24. The molecular weight excluding hydrogens is 264 g/mol. The lowest BCUT2D eigenvalue weighted by molar-refractivity contribution is -0.113. The molecule has 0 saturated carbocycles. The zero-order valence-corrected chi connectivity index (χ0v) is 8.75. The number of nitrogens with one attached hydrogen (secondary N) is 4. The van der Waals surface area contributed by atoms with Gasteiger partial charge >= 0.3 is 16.4 Å². The van der Waals surface area contributed by atoms with Gasteiger partial charge in [-0.1, -0.05) is 0 Å². The Bertz CT molecular complexity index is 397. The number of hydrogen-bond acceptors (Lipinski definition) is 6. The molecule has 1 fully saturated rings. The number of carbonyl (C=O) groups excluding carboxylic acids is 2. The van der Waals surface area contributed by atoms with Gasteiger partial charge in [0, 0.05) is 0 Å². The maximum absolute atomic E-state index is 10.5. The second kappa shape index (κ2) is 7.36. The summed E-state index contributed by atoms with van der Waals surface area (Å²) in [7, 11) is -4.67. The molecule has 1 aliphatic heterocycles. The van der Waals surface area contributed by atoms with Crippen molar-refractivity contribution in [1.29, 1.82) is 10.8 Å². The van der Waals surface area contributed by atoms with E-state index in [1.165, 1.54) is 0 Å². The average Bonchev–Trinajstić information content (AvgIpc) is 1.96. The second-order valence-corrected chi connectivity index (χ2v) is 3.00. The fraction of sp³-hybridized carbons (Fsp3) is 0. The molecule has 0 aliphatic carbocycles. The highest BCUT2D eigenvalue weighted by Crippen LogP contribution is 1.83. The number of carbonyl (C=O) groups is 2. The van der Waals surface area contributed by atoms with Crippen LogP contribution in [0.25, 0.3) is 0 Å². The van der Waals surface area contributed by atoms with E-state index >= 15 is 0 Å². The Labute approximate surface area is 94.2 Å². The molecule has 1 aliphatic rings. The summed E-state index contributed by atoms with van der Waals surface area (Å²) in [6.07, 6.45) is 0. The summed E-state index contributed by atoms with van der Waals surface area (Å²) < 4.78 is 31.6. The SMILES string of the molecule is N=C1NC(=O)NC(=O)C1=N.O.O.O=S(=O)(O)O. The maximum atomic E-state index is 10.5. The molecule has 17 heavy (non-hydrogen) atoms. The molecule has 10 N–H and O–H groups in total. The van der Waals surface area contributed by atoms with E-state index in [9.17, 15) is 9.59 Å². The molecule has 0 unspecified atom stereocenters. The molecular formula is C4H10N4O8S. The van der Waals surface area contributed by atoms with Crippen molar-refractivity contribution in [3.05, 3.63) is 0 Å². The van der Waals surface area contributed by atoms with Crippen LogP contribution < -0.4 is 10.6 Å². The molecule has 0 bridgehead atoms. The Balaban J connectivity index is -0.000000247. The summed E-state index contributed by atoms with van der Waals surface area (Å²) >= 11 is 0. The van der Waals surface area contributed by atoms with Gasteiger partial charge in [-0.05, 0) is 0 Å². The first kappa shape index (κ1) is 20.5. The molecule has 1 heterocycles. The number of rotatable bonds is 0. The van der Waals surface area contributed by atoms with Crippen LogP contribution in [0.15, 0.2) is 0 Å². The molecule has 0 spiro atoms. The predicted molar refractivity (Wildman–Crippen MR) is 53.5 cm³/mol. The number of hydrogen-bond donors (Lipinski definition) is 6. The lowest BCUT2D eigenvalue weighted by Gasteiger charge is -2.12. The van der Waals surface area contributed by atoms with Crippen LogP contribution in [-0.2, 0) is 15.2 Å². The van der Waals surface area contributed by atoms with Crippen LogP contribution in [0.4, 0.5) is 4.79 Å². The van der Waals surface area contributed by atoms with Crippen molar-refractivity contribution in [2.24, 2.45) is 0 Å². The highest BCUT2D eigenvalue weighted by atomic mass is 32.3. The average molecular weight is 274 g/mol. The van der Waals surface area contributed by atoms with Gasteiger partial charge in [0.15, 0.2) is 11.5 Å². The minimum Gasteiger partial charge on any atom is -0.412 e. The molecule has 100 valence electrons. The minimum absolute atomic E-state index is 0. The number of imide groups is 1. The first-order valence-corrected chi connectivity index (χ1v) is 4.50. The summed E-state index contributed by atoms with van der Waals surface area (Å²) in [5.41, 5.74) is -0.528. The Morgan fingerprint density at radius 3 is 1.65 bits per heavy atom. The molecule has 1 rings (SSSR count). The van der Waals surface area contributed by atoms with Crippen molar-refractivity contribution >= 4 is 33.9 Å². The van der Waals surface area contributed by atoms with Gasteiger partial charge in [0.1, 0.15) is 0 Å². The molecule has 13 heteroatoms. The van der Waals surface area contributed by atoms with Crippen molar-refractivity contribution in [1.82, 2.24) is 10.6 Å². The largest absolute Gasteiger partial charge is 0.412 e. The fourth-order valence-corrected chi connectivity index (χ4v) is 0.486. The van der Waals surface area contributed by atoms with Crippen LogP contribution in [0.2, 0.25) is 0 Å². The van der Waals surface area contributed by atoms with E-state index in [4.69, 9.17) is 28.3 Å².